The lowest BCUT2D eigenvalue weighted by Gasteiger charge is -2.32. The molecule has 0 aromatic carbocycles. The number of hydrogen-bond acceptors (Lipinski definition) is 5. The maximum atomic E-state index is 12.9. The molecular formula is C18H28N4O3. The van der Waals surface area contributed by atoms with Gasteiger partial charge in [0, 0.05) is 25.9 Å². The first-order valence-electron chi connectivity index (χ1n) is 9.33. The second-order valence-corrected chi connectivity index (χ2v) is 7.66. The maximum Gasteiger partial charge on any atom is 0.226 e. The Labute approximate surface area is 148 Å². The molecule has 0 radical (unpaired) electrons. The summed E-state index contributed by atoms with van der Waals surface area (Å²) in [5, 5.41) is 7.33. The summed E-state index contributed by atoms with van der Waals surface area (Å²) in [6.45, 7) is 6.21. The number of carbonyl (C=O) groups is 2. The van der Waals surface area contributed by atoms with Crippen LogP contribution in [0, 0.1) is 12.8 Å². The van der Waals surface area contributed by atoms with Crippen LogP contribution < -0.4 is 5.32 Å². The molecule has 138 valence electrons. The molecule has 1 aromatic rings. The Kier molecular flexibility index (Phi) is 5.11. The van der Waals surface area contributed by atoms with Gasteiger partial charge in [0.1, 0.15) is 5.54 Å². The molecule has 3 rings (SSSR count). The molecule has 2 amide bonds. The molecule has 2 heterocycles. The third-order valence-electron chi connectivity index (χ3n) is 5.43. The number of aromatic nitrogens is 2. The van der Waals surface area contributed by atoms with Gasteiger partial charge in [0.2, 0.25) is 17.7 Å². The summed E-state index contributed by atoms with van der Waals surface area (Å²) in [6.07, 6.45) is 6.25. The van der Waals surface area contributed by atoms with Crippen LogP contribution in [0.2, 0.25) is 0 Å². The van der Waals surface area contributed by atoms with Crippen LogP contribution >= 0.6 is 0 Å². The van der Waals surface area contributed by atoms with Crippen LogP contribution in [0.15, 0.2) is 4.52 Å². The van der Waals surface area contributed by atoms with Gasteiger partial charge in [-0.05, 0) is 26.7 Å². The Morgan fingerprint density at radius 1 is 1.28 bits per heavy atom. The molecular weight excluding hydrogens is 320 g/mol. The Morgan fingerprint density at radius 3 is 2.48 bits per heavy atom. The summed E-state index contributed by atoms with van der Waals surface area (Å²) < 4.78 is 5.18. The molecule has 1 N–H and O–H groups in total. The minimum absolute atomic E-state index is 0.0560. The van der Waals surface area contributed by atoms with Crippen molar-refractivity contribution < 1.29 is 14.1 Å². The van der Waals surface area contributed by atoms with E-state index < -0.39 is 5.54 Å². The molecule has 25 heavy (non-hydrogen) atoms. The fourth-order valence-electron chi connectivity index (χ4n) is 3.97. The lowest BCUT2D eigenvalue weighted by atomic mass is 9.88. The van der Waals surface area contributed by atoms with Gasteiger partial charge in [-0.2, -0.15) is 4.98 Å². The van der Waals surface area contributed by atoms with Crippen molar-refractivity contribution in [2.45, 2.75) is 77.3 Å². The van der Waals surface area contributed by atoms with E-state index in [-0.39, 0.29) is 30.2 Å². The number of amides is 2. The third kappa shape index (κ3) is 3.70. The van der Waals surface area contributed by atoms with Gasteiger partial charge in [0.25, 0.3) is 0 Å². The summed E-state index contributed by atoms with van der Waals surface area (Å²) in [5.41, 5.74) is -0.570. The number of carbonyl (C=O) groups excluding carboxylic acids is 2. The third-order valence-corrected chi connectivity index (χ3v) is 5.43. The molecule has 0 bridgehead atoms. The van der Waals surface area contributed by atoms with Gasteiger partial charge < -0.3 is 14.7 Å². The Balaban J connectivity index is 1.78. The van der Waals surface area contributed by atoms with E-state index in [2.05, 4.69) is 15.5 Å². The maximum absolute atomic E-state index is 12.9. The van der Waals surface area contributed by atoms with Crippen LogP contribution in [0.25, 0.3) is 0 Å². The number of aryl methyl sites for hydroxylation is 1. The molecule has 1 saturated carbocycles. The summed E-state index contributed by atoms with van der Waals surface area (Å²) in [5.74, 6) is 0.768. The van der Waals surface area contributed by atoms with Crippen molar-refractivity contribution in [1.29, 1.82) is 0 Å². The first kappa shape index (κ1) is 17.9. The molecule has 1 atom stereocenters. The monoisotopic (exact) mass is 348 g/mol. The smallest absolute Gasteiger partial charge is 0.226 e. The number of hydrogen-bond donors (Lipinski definition) is 1. The Hall–Kier alpha value is -1.92. The van der Waals surface area contributed by atoms with E-state index in [0.717, 1.165) is 38.5 Å². The lowest BCUT2D eigenvalue weighted by molar-refractivity contribution is -0.130. The summed E-state index contributed by atoms with van der Waals surface area (Å²) >= 11 is 0. The minimum atomic E-state index is -0.570. The number of likely N-dealkylation sites (tertiary alicyclic amines) is 1. The molecule has 2 aliphatic rings. The second kappa shape index (κ2) is 7.14. The molecule has 7 nitrogen and oxygen atoms in total. The van der Waals surface area contributed by atoms with Crippen LogP contribution in [0.3, 0.4) is 0 Å². The fraction of sp³-hybridized carbons (Fsp3) is 0.778. The molecule has 1 aliphatic carbocycles. The number of rotatable bonds is 4. The molecule has 1 unspecified atom stereocenters. The summed E-state index contributed by atoms with van der Waals surface area (Å²) in [6, 6.07) is 0.122. The van der Waals surface area contributed by atoms with Crippen molar-refractivity contribution >= 4 is 11.8 Å². The predicted molar refractivity (Wildman–Crippen MR) is 91.5 cm³/mol. The van der Waals surface area contributed by atoms with Gasteiger partial charge in [-0.1, -0.05) is 30.8 Å². The van der Waals surface area contributed by atoms with E-state index in [1.54, 1.807) is 11.8 Å². The average Bonchev–Trinajstić information content (AvgIpc) is 3.09. The van der Waals surface area contributed by atoms with E-state index in [9.17, 15) is 9.59 Å². The van der Waals surface area contributed by atoms with Crippen molar-refractivity contribution in [2.75, 3.05) is 6.54 Å². The van der Waals surface area contributed by atoms with Crippen molar-refractivity contribution in [3.8, 4) is 0 Å². The topological polar surface area (TPSA) is 88.3 Å². The second-order valence-electron chi connectivity index (χ2n) is 7.66. The highest BCUT2D eigenvalue weighted by molar-refractivity contribution is 5.89. The largest absolute Gasteiger partial charge is 0.343 e. The van der Waals surface area contributed by atoms with Gasteiger partial charge >= 0.3 is 0 Å². The first-order valence-corrected chi connectivity index (χ1v) is 9.33. The number of nitrogens with zero attached hydrogens (tertiary/aromatic N) is 3. The van der Waals surface area contributed by atoms with Crippen LogP contribution in [0.4, 0.5) is 0 Å². The molecule has 2 fully saturated rings. The fourth-order valence-corrected chi connectivity index (χ4v) is 3.97. The van der Waals surface area contributed by atoms with Crippen molar-refractivity contribution in [2.24, 2.45) is 5.92 Å². The van der Waals surface area contributed by atoms with E-state index in [1.807, 2.05) is 13.8 Å². The SMILES string of the molecule is Cc1nc(C2(NC(=O)C3CC(=O)N(C(C)C)C3)CCCCCC2)no1. The van der Waals surface area contributed by atoms with Gasteiger partial charge in [0.05, 0.1) is 5.92 Å². The normalized spacial score (nSPS) is 23.8. The lowest BCUT2D eigenvalue weighted by Crippen LogP contribution is -2.49. The molecule has 7 heteroatoms. The highest BCUT2D eigenvalue weighted by atomic mass is 16.5. The quantitative estimate of drug-likeness (QED) is 0.844. The minimum Gasteiger partial charge on any atom is -0.343 e. The van der Waals surface area contributed by atoms with Gasteiger partial charge in [-0.15, -0.1) is 0 Å². The zero-order valence-corrected chi connectivity index (χ0v) is 15.4. The Bertz CT molecular complexity index is 632. The van der Waals surface area contributed by atoms with Crippen LogP contribution in [0.1, 0.15) is 70.5 Å². The average molecular weight is 348 g/mol. The van der Waals surface area contributed by atoms with Crippen molar-refractivity contribution in [3.05, 3.63) is 11.7 Å². The predicted octanol–water partition coefficient (Wildman–Crippen LogP) is 2.30. The summed E-state index contributed by atoms with van der Waals surface area (Å²) in [4.78, 5) is 31.3. The van der Waals surface area contributed by atoms with E-state index >= 15 is 0 Å². The van der Waals surface area contributed by atoms with Crippen LogP contribution in [-0.2, 0) is 15.1 Å². The van der Waals surface area contributed by atoms with E-state index in [4.69, 9.17) is 4.52 Å². The molecule has 1 saturated heterocycles. The van der Waals surface area contributed by atoms with Crippen molar-refractivity contribution in [1.82, 2.24) is 20.4 Å². The van der Waals surface area contributed by atoms with Crippen LogP contribution in [0.5, 0.6) is 0 Å². The van der Waals surface area contributed by atoms with Gasteiger partial charge in [-0.3, -0.25) is 9.59 Å². The van der Waals surface area contributed by atoms with Gasteiger partial charge in [-0.25, -0.2) is 0 Å². The van der Waals surface area contributed by atoms with Crippen molar-refractivity contribution in [3.63, 3.8) is 0 Å². The zero-order valence-electron chi connectivity index (χ0n) is 15.4. The van der Waals surface area contributed by atoms with E-state index in [1.165, 1.54) is 0 Å². The zero-order chi connectivity index (χ0) is 18.0. The summed E-state index contributed by atoms with van der Waals surface area (Å²) in [7, 11) is 0. The van der Waals surface area contributed by atoms with Gasteiger partial charge in [0.15, 0.2) is 5.82 Å². The molecule has 1 aromatic heterocycles. The first-order chi connectivity index (χ1) is 11.9. The van der Waals surface area contributed by atoms with Crippen LogP contribution in [-0.4, -0.2) is 39.4 Å². The standard InChI is InChI=1S/C18H28N4O3/c1-12(2)22-11-14(10-15(22)23)16(24)20-18(8-6-4-5-7-9-18)17-19-13(3)25-21-17/h12,14H,4-11H2,1-3H3,(H,20,24). The molecule has 1 aliphatic heterocycles. The Morgan fingerprint density at radius 2 is 1.96 bits per heavy atom. The highest BCUT2D eigenvalue weighted by Gasteiger charge is 2.42. The number of nitrogens with one attached hydrogen (secondary N) is 1. The highest BCUT2D eigenvalue weighted by Crippen LogP contribution is 2.35. The molecule has 0 spiro atoms. The van der Waals surface area contributed by atoms with E-state index in [0.29, 0.717) is 18.3 Å².